The highest BCUT2D eigenvalue weighted by Gasteiger charge is 2.41. The van der Waals surface area contributed by atoms with Crippen LogP contribution in [0.2, 0.25) is 0 Å². The summed E-state index contributed by atoms with van der Waals surface area (Å²) in [6.07, 6.45) is 2.30. The second kappa shape index (κ2) is 5.19. The molecule has 0 spiro atoms. The van der Waals surface area contributed by atoms with Gasteiger partial charge < -0.3 is 14.0 Å². The summed E-state index contributed by atoms with van der Waals surface area (Å²) in [6, 6.07) is 0. The van der Waals surface area contributed by atoms with Crippen molar-refractivity contribution in [2.45, 2.75) is 39.0 Å². The number of hydrogen-bond acceptors (Lipinski definition) is 6. The van der Waals surface area contributed by atoms with Gasteiger partial charge in [0.25, 0.3) is 0 Å². The van der Waals surface area contributed by atoms with Crippen molar-refractivity contribution >= 4 is 0 Å². The van der Waals surface area contributed by atoms with Gasteiger partial charge in [-0.25, -0.2) is 0 Å². The lowest BCUT2D eigenvalue weighted by atomic mass is 9.90. The van der Waals surface area contributed by atoms with Crippen LogP contribution >= 0.6 is 0 Å². The Balaban J connectivity index is 1.61. The van der Waals surface area contributed by atoms with E-state index in [1.807, 2.05) is 6.92 Å². The standard InChI is InChI=1S/C13H21N3O3/c1-10-14-12(19-15-10)9-16-5-3-4-11(8-16)13(2)17-6-7-18-13/h11H,3-9H2,1-2H3/t11-/m0/s1. The minimum atomic E-state index is -0.413. The molecule has 106 valence electrons. The number of nitrogens with zero attached hydrogens (tertiary/aromatic N) is 3. The lowest BCUT2D eigenvalue weighted by molar-refractivity contribution is -0.192. The summed E-state index contributed by atoms with van der Waals surface area (Å²) in [6.45, 7) is 8.04. The van der Waals surface area contributed by atoms with E-state index in [4.69, 9.17) is 14.0 Å². The molecule has 0 radical (unpaired) electrons. The van der Waals surface area contributed by atoms with E-state index in [0.29, 0.717) is 37.4 Å². The summed E-state index contributed by atoms with van der Waals surface area (Å²) in [4.78, 5) is 6.61. The van der Waals surface area contributed by atoms with Crippen LogP contribution in [-0.2, 0) is 16.0 Å². The summed E-state index contributed by atoms with van der Waals surface area (Å²) >= 11 is 0. The van der Waals surface area contributed by atoms with Crippen LogP contribution in [0.15, 0.2) is 4.52 Å². The summed E-state index contributed by atoms with van der Waals surface area (Å²) in [5.74, 6) is 1.38. The van der Waals surface area contributed by atoms with E-state index in [-0.39, 0.29) is 0 Å². The van der Waals surface area contributed by atoms with Gasteiger partial charge >= 0.3 is 0 Å². The highest BCUT2D eigenvalue weighted by molar-refractivity contribution is 4.88. The van der Waals surface area contributed by atoms with Crippen LogP contribution < -0.4 is 0 Å². The molecule has 19 heavy (non-hydrogen) atoms. The fraction of sp³-hybridized carbons (Fsp3) is 0.846. The van der Waals surface area contributed by atoms with Gasteiger partial charge in [0.2, 0.25) is 5.89 Å². The molecule has 2 saturated heterocycles. The van der Waals surface area contributed by atoms with E-state index >= 15 is 0 Å². The number of rotatable bonds is 3. The molecule has 6 heteroatoms. The maximum atomic E-state index is 5.78. The number of piperidine rings is 1. The lowest BCUT2D eigenvalue weighted by Crippen LogP contribution is -2.46. The van der Waals surface area contributed by atoms with E-state index in [2.05, 4.69) is 22.0 Å². The molecule has 0 bridgehead atoms. The molecule has 0 amide bonds. The molecule has 2 aliphatic heterocycles. The fourth-order valence-electron chi connectivity index (χ4n) is 2.99. The van der Waals surface area contributed by atoms with E-state index in [0.717, 1.165) is 25.9 Å². The predicted molar refractivity (Wildman–Crippen MR) is 67.3 cm³/mol. The third-order valence-corrected chi connectivity index (χ3v) is 4.04. The Morgan fingerprint density at radius 1 is 1.37 bits per heavy atom. The second-order valence-electron chi connectivity index (χ2n) is 5.52. The first-order valence-corrected chi connectivity index (χ1v) is 6.95. The maximum Gasteiger partial charge on any atom is 0.240 e. The van der Waals surface area contributed by atoms with Crippen molar-refractivity contribution < 1.29 is 14.0 Å². The van der Waals surface area contributed by atoms with Crippen LogP contribution in [0.25, 0.3) is 0 Å². The van der Waals surface area contributed by atoms with Gasteiger partial charge in [0, 0.05) is 12.5 Å². The third-order valence-electron chi connectivity index (χ3n) is 4.04. The summed E-state index contributed by atoms with van der Waals surface area (Å²) < 4.78 is 16.8. The average molecular weight is 267 g/mol. The number of likely N-dealkylation sites (tertiary alicyclic amines) is 1. The van der Waals surface area contributed by atoms with Crippen molar-refractivity contribution in [1.82, 2.24) is 15.0 Å². The van der Waals surface area contributed by atoms with Crippen LogP contribution in [0, 0.1) is 12.8 Å². The largest absolute Gasteiger partial charge is 0.347 e. The third kappa shape index (κ3) is 2.80. The Kier molecular flexibility index (Phi) is 3.56. The first-order chi connectivity index (χ1) is 9.16. The van der Waals surface area contributed by atoms with Crippen molar-refractivity contribution in [3.63, 3.8) is 0 Å². The van der Waals surface area contributed by atoms with Crippen LogP contribution in [0.3, 0.4) is 0 Å². The number of aromatic nitrogens is 2. The van der Waals surface area contributed by atoms with Gasteiger partial charge in [-0.1, -0.05) is 5.16 Å². The van der Waals surface area contributed by atoms with Gasteiger partial charge in [-0.05, 0) is 33.2 Å². The van der Waals surface area contributed by atoms with Crippen LogP contribution in [0.5, 0.6) is 0 Å². The summed E-state index contributed by atoms with van der Waals surface area (Å²) in [7, 11) is 0. The minimum Gasteiger partial charge on any atom is -0.347 e. The van der Waals surface area contributed by atoms with Crippen LogP contribution in [0.4, 0.5) is 0 Å². The van der Waals surface area contributed by atoms with E-state index < -0.39 is 5.79 Å². The van der Waals surface area contributed by atoms with Gasteiger partial charge in [-0.15, -0.1) is 0 Å². The lowest BCUT2D eigenvalue weighted by Gasteiger charge is -2.39. The molecule has 1 atom stereocenters. The second-order valence-corrected chi connectivity index (χ2v) is 5.52. The molecule has 6 nitrogen and oxygen atoms in total. The molecular weight excluding hydrogens is 246 g/mol. The first kappa shape index (κ1) is 13.0. The molecule has 0 saturated carbocycles. The molecular formula is C13H21N3O3. The zero-order valence-electron chi connectivity index (χ0n) is 11.6. The Bertz CT molecular complexity index is 429. The van der Waals surface area contributed by atoms with Gasteiger partial charge in [0.1, 0.15) is 0 Å². The molecule has 0 aromatic carbocycles. The monoisotopic (exact) mass is 267 g/mol. The van der Waals surface area contributed by atoms with Crippen molar-refractivity contribution in [2.24, 2.45) is 5.92 Å². The molecule has 3 heterocycles. The van der Waals surface area contributed by atoms with E-state index in [9.17, 15) is 0 Å². The highest BCUT2D eigenvalue weighted by atomic mass is 16.7. The summed E-state index contributed by atoms with van der Waals surface area (Å²) in [5.41, 5.74) is 0. The quantitative estimate of drug-likeness (QED) is 0.824. The molecule has 0 aliphatic carbocycles. The Morgan fingerprint density at radius 2 is 2.16 bits per heavy atom. The number of aryl methyl sites for hydroxylation is 1. The Hall–Kier alpha value is -0.980. The van der Waals surface area contributed by atoms with Crippen molar-refractivity contribution in [2.75, 3.05) is 26.3 Å². The van der Waals surface area contributed by atoms with Crippen molar-refractivity contribution in [3.05, 3.63) is 11.7 Å². The van der Waals surface area contributed by atoms with E-state index in [1.54, 1.807) is 0 Å². The van der Waals surface area contributed by atoms with Gasteiger partial charge in [0.15, 0.2) is 11.6 Å². The Labute approximate surface area is 113 Å². The predicted octanol–water partition coefficient (Wildman–Crippen LogP) is 1.35. The SMILES string of the molecule is Cc1noc(CN2CCC[C@H](C3(C)OCCO3)C2)n1. The smallest absolute Gasteiger partial charge is 0.240 e. The normalized spacial score (nSPS) is 27.8. The first-order valence-electron chi connectivity index (χ1n) is 6.95. The number of ether oxygens (including phenoxy) is 2. The van der Waals surface area contributed by atoms with Gasteiger partial charge in [0.05, 0.1) is 19.8 Å². The average Bonchev–Trinajstić information content (AvgIpc) is 3.00. The topological polar surface area (TPSA) is 60.6 Å². The molecule has 2 aliphatic rings. The molecule has 0 N–H and O–H groups in total. The maximum absolute atomic E-state index is 5.78. The van der Waals surface area contributed by atoms with E-state index in [1.165, 1.54) is 0 Å². The van der Waals surface area contributed by atoms with Gasteiger partial charge in [-0.2, -0.15) is 4.98 Å². The van der Waals surface area contributed by atoms with Crippen LogP contribution in [0.1, 0.15) is 31.5 Å². The zero-order valence-corrected chi connectivity index (χ0v) is 11.6. The molecule has 1 aromatic heterocycles. The Morgan fingerprint density at radius 3 is 2.84 bits per heavy atom. The molecule has 2 fully saturated rings. The van der Waals surface area contributed by atoms with Crippen molar-refractivity contribution in [1.29, 1.82) is 0 Å². The summed E-state index contributed by atoms with van der Waals surface area (Å²) in [5, 5.41) is 3.83. The van der Waals surface area contributed by atoms with Crippen molar-refractivity contribution in [3.8, 4) is 0 Å². The fourth-order valence-corrected chi connectivity index (χ4v) is 2.99. The highest BCUT2D eigenvalue weighted by Crippen LogP contribution is 2.34. The zero-order chi connectivity index (χ0) is 13.3. The minimum absolute atomic E-state index is 0.410. The molecule has 1 aromatic rings. The number of hydrogen-bond donors (Lipinski definition) is 0. The molecule has 0 unspecified atom stereocenters. The molecule has 3 rings (SSSR count). The van der Waals surface area contributed by atoms with Crippen LogP contribution in [-0.4, -0.2) is 47.1 Å². The van der Waals surface area contributed by atoms with Gasteiger partial charge in [-0.3, -0.25) is 4.90 Å².